The summed E-state index contributed by atoms with van der Waals surface area (Å²) in [6.45, 7) is 16.7. The van der Waals surface area contributed by atoms with Crippen LogP contribution < -0.4 is 0 Å². The van der Waals surface area contributed by atoms with Crippen molar-refractivity contribution < 1.29 is 28.8 Å². The molecule has 0 N–H and O–H groups in total. The first kappa shape index (κ1) is 45.0. The van der Waals surface area contributed by atoms with Gasteiger partial charge in [0, 0.05) is 0 Å². The summed E-state index contributed by atoms with van der Waals surface area (Å²) in [5.74, 6) is -3.88. The Morgan fingerprint density at radius 3 is 0.721 bits per heavy atom. The zero-order valence-corrected chi connectivity index (χ0v) is 42.4. The van der Waals surface area contributed by atoms with E-state index in [1.807, 2.05) is 98.7 Å². The predicted octanol–water partition coefficient (Wildman–Crippen LogP) is 9.63. The molecule has 0 aromatic heterocycles. The molecule has 0 heterocycles. The van der Waals surface area contributed by atoms with Crippen molar-refractivity contribution in [1.82, 2.24) is 0 Å². The first-order valence-corrected chi connectivity index (χ1v) is 36.6. The van der Waals surface area contributed by atoms with Crippen LogP contribution in [0.25, 0.3) is 0 Å². The number of Topliss-reactive ketones (excluding diaryl/α,β-unsaturated/α-hetero) is 6. The van der Waals surface area contributed by atoms with Crippen LogP contribution in [0.2, 0.25) is 8.49 Å². The van der Waals surface area contributed by atoms with E-state index in [1.54, 1.807) is 91.0 Å². The molecule has 0 atom stereocenters. The van der Waals surface area contributed by atoms with Crippen molar-refractivity contribution >= 4 is 61.6 Å². The second-order valence-corrected chi connectivity index (χ2v) is 34.2. The van der Waals surface area contributed by atoms with E-state index in [0.717, 1.165) is 16.7 Å². The van der Waals surface area contributed by atoms with Crippen LogP contribution in [0, 0.1) is 62.3 Å². The predicted molar refractivity (Wildman–Crippen MR) is 250 cm³/mol. The molecule has 0 aliphatic carbocycles. The fourth-order valence-electron chi connectivity index (χ4n) is 9.44. The molecule has 308 valence electrons. The summed E-state index contributed by atoms with van der Waals surface area (Å²) < 4.78 is -4.54. The number of ketones is 6. The molecule has 0 fully saturated rings. The Bertz CT molecular complexity index is 2370. The van der Waals surface area contributed by atoms with Gasteiger partial charge in [0.1, 0.15) is 0 Å². The topological polar surface area (TPSA) is 102 Å². The standard InChI is InChI=1S/C53H52Ge2O6/c1-31-25-34(4)43(35(5)26-31)49(59)53(50(60)44-36(6)27-32(2)28-37(44)7,51(61)45-38(8)29-33(3)30-39(45)9)55-54-52(46(56)40-19-13-10-14-20-40,47(57)41-21-15-11-16-22-41)48(58)42-23-17-12-18-24-42/h10-30H,54-55H2,1-9H3. The average molecular weight is 930 g/mol. The average Bonchev–Trinajstić information content (AvgIpc) is 3.21. The molecule has 0 saturated heterocycles. The van der Waals surface area contributed by atoms with Crippen molar-refractivity contribution in [2.75, 3.05) is 0 Å². The Kier molecular flexibility index (Phi) is 13.4. The Hall–Kier alpha value is -5.57. The van der Waals surface area contributed by atoms with E-state index in [9.17, 15) is 0 Å². The van der Waals surface area contributed by atoms with Gasteiger partial charge in [-0.05, 0) is 0 Å². The monoisotopic (exact) mass is 932 g/mol. The second-order valence-electron chi connectivity index (χ2n) is 16.7. The van der Waals surface area contributed by atoms with Crippen molar-refractivity contribution in [3.05, 3.63) is 211 Å². The first-order chi connectivity index (χ1) is 28.9. The molecule has 0 saturated carbocycles. The third kappa shape index (κ3) is 8.40. The maximum atomic E-state index is 16.2. The summed E-state index contributed by atoms with van der Waals surface area (Å²) >= 11 is -6.53. The van der Waals surface area contributed by atoms with Crippen LogP contribution in [-0.4, -0.2) is 61.6 Å². The molecular weight excluding hydrogens is 878 g/mol. The zero-order chi connectivity index (χ0) is 44.4. The van der Waals surface area contributed by atoms with Gasteiger partial charge < -0.3 is 0 Å². The number of carbonyl (C=O) groups excluding carboxylic acids is 6. The van der Waals surface area contributed by atoms with Crippen molar-refractivity contribution in [1.29, 1.82) is 0 Å². The van der Waals surface area contributed by atoms with Crippen LogP contribution in [0.15, 0.2) is 127 Å². The summed E-state index contributed by atoms with van der Waals surface area (Å²) in [4.78, 5) is 95.4. The summed E-state index contributed by atoms with van der Waals surface area (Å²) in [5, 5.41) is 0. The first-order valence-electron chi connectivity index (χ1n) is 20.6. The quantitative estimate of drug-likeness (QED) is 0.0578. The third-order valence-corrected chi connectivity index (χ3v) is 38.8. The molecule has 0 unspecified atom stereocenters. The van der Waals surface area contributed by atoms with Crippen molar-refractivity contribution in [3.63, 3.8) is 0 Å². The van der Waals surface area contributed by atoms with Gasteiger partial charge in [0.15, 0.2) is 0 Å². The van der Waals surface area contributed by atoms with Gasteiger partial charge in [-0.25, -0.2) is 0 Å². The van der Waals surface area contributed by atoms with Gasteiger partial charge in [-0.2, -0.15) is 0 Å². The Balaban J connectivity index is 1.77. The number of hydrogen-bond donors (Lipinski definition) is 0. The summed E-state index contributed by atoms with van der Waals surface area (Å²) in [6.07, 6.45) is 0. The summed E-state index contributed by atoms with van der Waals surface area (Å²) in [6, 6.07) is 36.2. The summed E-state index contributed by atoms with van der Waals surface area (Å²) in [5.41, 5.74) is 7.75. The van der Waals surface area contributed by atoms with Crippen molar-refractivity contribution in [2.24, 2.45) is 0 Å². The van der Waals surface area contributed by atoms with Crippen LogP contribution >= 0.6 is 0 Å². The molecule has 8 heteroatoms. The Labute approximate surface area is 369 Å². The van der Waals surface area contributed by atoms with E-state index in [1.165, 1.54) is 0 Å². The number of hydrogen-bond acceptors (Lipinski definition) is 6. The fourth-order valence-corrected chi connectivity index (χ4v) is 39.3. The van der Waals surface area contributed by atoms with Gasteiger partial charge in [-0.3, -0.25) is 0 Å². The number of benzene rings is 6. The molecule has 0 radical (unpaired) electrons. The van der Waals surface area contributed by atoms with Crippen LogP contribution in [0.4, 0.5) is 0 Å². The van der Waals surface area contributed by atoms with E-state index in [-0.39, 0.29) is 33.4 Å². The van der Waals surface area contributed by atoms with E-state index in [0.29, 0.717) is 33.4 Å². The normalized spacial score (nSPS) is 12.0. The minimum absolute atomic E-state index is 0.166. The Morgan fingerprint density at radius 2 is 0.508 bits per heavy atom. The second kappa shape index (κ2) is 18.2. The minimum atomic E-state index is -3.28. The number of rotatable bonds is 15. The molecule has 6 nitrogen and oxygen atoms in total. The van der Waals surface area contributed by atoms with Crippen molar-refractivity contribution in [3.8, 4) is 0 Å². The molecule has 61 heavy (non-hydrogen) atoms. The van der Waals surface area contributed by atoms with E-state index in [4.69, 9.17) is 0 Å². The number of aryl methyl sites for hydroxylation is 9. The molecular formula is C53H52Ge2O6. The fraction of sp³-hybridized carbons (Fsp3) is 0.208. The Morgan fingerprint density at radius 1 is 0.311 bits per heavy atom. The van der Waals surface area contributed by atoms with Gasteiger partial charge in [-0.1, -0.05) is 0 Å². The van der Waals surface area contributed by atoms with Gasteiger partial charge in [-0.15, -0.1) is 0 Å². The van der Waals surface area contributed by atoms with Gasteiger partial charge >= 0.3 is 372 Å². The van der Waals surface area contributed by atoms with Gasteiger partial charge in [0.2, 0.25) is 0 Å². The van der Waals surface area contributed by atoms with E-state index < -0.39 is 70.1 Å². The zero-order valence-electron chi connectivity index (χ0n) is 36.5. The molecule has 6 rings (SSSR count). The van der Waals surface area contributed by atoms with Gasteiger partial charge in [0.05, 0.1) is 0 Å². The molecule has 0 aliphatic rings. The van der Waals surface area contributed by atoms with Crippen LogP contribution in [0.5, 0.6) is 0 Å². The molecule has 0 amide bonds. The number of carbonyl (C=O) groups is 6. The van der Waals surface area contributed by atoms with E-state index in [2.05, 4.69) is 0 Å². The molecule has 6 aromatic carbocycles. The SMILES string of the molecule is Cc1cc(C)c(C(=O)[C]([GeH2][GeH2][C](C(=O)c2ccccc2)(C(=O)c2ccccc2)C(=O)c2ccccc2)(C(=O)c2c(C)cc(C)cc2C)C(=O)c2c(C)cc(C)cc2C)c(C)c1. The molecule has 0 bridgehead atoms. The third-order valence-electron chi connectivity index (χ3n) is 12.0. The maximum absolute atomic E-state index is 16.2. The van der Waals surface area contributed by atoms with Crippen LogP contribution in [0.3, 0.4) is 0 Å². The molecule has 0 spiro atoms. The van der Waals surface area contributed by atoms with Crippen molar-refractivity contribution in [2.45, 2.75) is 70.8 Å². The molecule has 0 aliphatic heterocycles. The summed E-state index contributed by atoms with van der Waals surface area (Å²) in [7, 11) is 0. The van der Waals surface area contributed by atoms with Crippen LogP contribution in [-0.2, 0) is 0 Å². The van der Waals surface area contributed by atoms with E-state index >= 15 is 28.8 Å². The van der Waals surface area contributed by atoms with Gasteiger partial charge in [0.25, 0.3) is 0 Å². The molecule has 6 aromatic rings. The van der Waals surface area contributed by atoms with Crippen LogP contribution in [0.1, 0.15) is 112 Å².